The van der Waals surface area contributed by atoms with Crippen LogP contribution in [-0.4, -0.2) is 29.5 Å². The van der Waals surface area contributed by atoms with Crippen LogP contribution >= 0.6 is 0 Å². The molecule has 0 aliphatic carbocycles. The van der Waals surface area contributed by atoms with Gasteiger partial charge in [0.15, 0.2) is 0 Å². The molecule has 2 amide bonds. The molecule has 5 heteroatoms. The highest BCUT2D eigenvalue weighted by Crippen LogP contribution is 2.18. The maximum absolute atomic E-state index is 12.0. The second-order valence-corrected chi connectivity index (χ2v) is 4.65. The summed E-state index contributed by atoms with van der Waals surface area (Å²) in [5.74, 6) is -0.462. The minimum atomic E-state index is -0.531. The Kier molecular flexibility index (Phi) is 4.39. The number of nitrogens with zero attached hydrogens (tertiary/aromatic N) is 1. The molecule has 0 radical (unpaired) electrons. The molecule has 19 heavy (non-hydrogen) atoms. The van der Waals surface area contributed by atoms with E-state index in [1.807, 2.05) is 30.3 Å². The van der Waals surface area contributed by atoms with Crippen molar-refractivity contribution in [2.24, 2.45) is 5.73 Å². The Morgan fingerprint density at radius 2 is 2.00 bits per heavy atom. The summed E-state index contributed by atoms with van der Waals surface area (Å²) in [5, 5.41) is 0. The summed E-state index contributed by atoms with van der Waals surface area (Å²) in [6, 6.07) is 8.91. The molecular formula is C14H18N2O3. The first-order valence-corrected chi connectivity index (χ1v) is 6.45. The van der Waals surface area contributed by atoms with Crippen molar-refractivity contribution in [1.29, 1.82) is 0 Å². The Bertz CT molecular complexity index is 447. The van der Waals surface area contributed by atoms with Gasteiger partial charge in [-0.1, -0.05) is 30.3 Å². The fraction of sp³-hybridized carbons (Fsp3) is 0.429. The number of carbonyl (C=O) groups excluding carboxylic acids is 2. The zero-order valence-corrected chi connectivity index (χ0v) is 10.7. The Morgan fingerprint density at radius 1 is 1.26 bits per heavy atom. The predicted octanol–water partition coefficient (Wildman–Crippen LogP) is 1.66. The summed E-state index contributed by atoms with van der Waals surface area (Å²) in [7, 11) is 0. The largest absolute Gasteiger partial charge is 0.445 e. The number of nitrogens with two attached hydrogens (primary N) is 1. The Morgan fingerprint density at radius 3 is 2.68 bits per heavy atom. The highest BCUT2D eigenvalue weighted by atomic mass is 16.6. The molecule has 0 aromatic heterocycles. The number of primary amides is 1. The van der Waals surface area contributed by atoms with Crippen molar-refractivity contribution >= 4 is 12.0 Å². The third-order valence-corrected chi connectivity index (χ3v) is 3.27. The van der Waals surface area contributed by atoms with Gasteiger partial charge in [-0.05, 0) is 24.8 Å². The molecule has 2 N–H and O–H groups in total. The highest BCUT2D eigenvalue weighted by molar-refractivity contribution is 5.84. The van der Waals surface area contributed by atoms with Crippen LogP contribution in [0.15, 0.2) is 30.3 Å². The fourth-order valence-corrected chi connectivity index (χ4v) is 2.25. The average molecular weight is 262 g/mol. The van der Waals surface area contributed by atoms with Crippen molar-refractivity contribution in [1.82, 2.24) is 4.90 Å². The summed E-state index contributed by atoms with van der Waals surface area (Å²) < 4.78 is 5.23. The van der Waals surface area contributed by atoms with Gasteiger partial charge in [0.25, 0.3) is 0 Å². The van der Waals surface area contributed by atoms with Crippen LogP contribution in [0.25, 0.3) is 0 Å². The van der Waals surface area contributed by atoms with E-state index in [1.54, 1.807) is 0 Å². The number of amides is 2. The number of rotatable bonds is 3. The topological polar surface area (TPSA) is 72.6 Å². The molecule has 1 aromatic rings. The van der Waals surface area contributed by atoms with Gasteiger partial charge in [-0.25, -0.2) is 4.79 Å². The summed E-state index contributed by atoms with van der Waals surface area (Å²) in [4.78, 5) is 24.7. The van der Waals surface area contributed by atoms with Gasteiger partial charge in [0.2, 0.25) is 5.91 Å². The monoisotopic (exact) mass is 262 g/mol. The van der Waals surface area contributed by atoms with Gasteiger partial charge in [-0.3, -0.25) is 9.69 Å². The fourth-order valence-electron chi connectivity index (χ4n) is 2.25. The van der Waals surface area contributed by atoms with Gasteiger partial charge >= 0.3 is 6.09 Å². The summed E-state index contributed by atoms with van der Waals surface area (Å²) in [5.41, 5.74) is 6.23. The smallest absolute Gasteiger partial charge is 0.410 e. The first-order chi connectivity index (χ1) is 9.18. The van der Waals surface area contributed by atoms with E-state index in [0.717, 1.165) is 18.4 Å². The molecule has 2 rings (SSSR count). The van der Waals surface area contributed by atoms with Crippen molar-refractivity contribution < 1.29 is 14.3 Å². The van der Waals surface area contributed by atoms with E-state index in [0.29, 0.717) is 13.0 Å². The predicted molar refractivity (Wildman–Crippen MR) is 70.2 cm³/mol. The molecule has 1 heterocycles. The standard InChI is InChI=1S/C14H18N2O3/c15-13(17)12-8-4-5-9-16(12)14(18)19-10-11-6-2-1-3-7-11/h1-3,6-7,12H,4-5,8-10H2,(H2,15,17). The van der Waals surface area contributed by atoms with Crippen LogP contribution < -0.4 is 5.73 Å². The molecular weight excluding hydrogens is 244 g/mol. The number of likely N-dealkylation sites (tertiary alicyclic amines) is 1. The third-order valence-electron chi connectivity index (χ3n) is 3.27. The van der Waals surface area contributed by atoms with E-state index >= 15 is 0 Å². The van der Waals surface area contributed by atoms with E-state index in [1.165, 1.54) is 4.90 Å². The molecule has 5 nitrogen and oxygen atoms in total. The molecule has 1 aliphatic heterocycles. The van der Waals surface area contributed by atoms with Crippen LogP contribution in [0.3, 0.4) is 0 Å². The molecule has 1 aromatic carbocycles. The molecule has 1 atom stereocenters. The van der Waals surface area contributed by atoms with Gasteiger partial charge in [-0.2, -0.15) is 0 Å². The van der Waals surface area contributed by atoms with E-state index in [-0.39, 0.29) is 6.61 Å². The molecule has 1 aliphatic rings. The second kappa shape index (κ2) is 6.22. The summed E-state index contributed by atoms with van der Waals surface area (Å²) in [6.45, 7) is 0.739. The lowest BCUT2D eigenvalue weighted by molar-refractivity contribution is -0.123. The molecule has 0 saturated carbocycles. The zero-order valence-electron chi connectivity index (χ0n) is 10.7. The average Bonchev–Trinajstić information content (AvgIpc) is 2.46. The highest BCUT2D eigenvalue weighted by Gasteiger charge is 2.31. The van der Waals surface area contributed by atoms with Crippen LogP contribution in [-0.2, 0) is 16.1 Å². The number of benzene rings is 1. The number of hydrogen-bond donors (Lipinski definition) is 1. The maximum atomic E-state index is 12.0. The zero-order chi connectivity index (χ0) is 13.7. The lowest BCUT2D eigenvalue weighted by Crippen LogP contribution is -2.50. The molecule has 0 spiro atoms. The van der Waals surface area contributed by atoms with Crippen LogP contribution in [0.4, 0.5) is 4.79 Å². The number of hydrogen-bond acceptors (Lipinski definition) is 3. The molecule has 102 valence electrons. The first kappa shape index (κ1) is 13.4. The van der Waals surface area contributed by atoms with Crippen LogP contribution in [0.2, 0.25) is 0 Å². The summed E-state index contributed by atoms with van der Waals surface area (Å²) >= 11 is 0. The van der Waals surface area contributed by atoms with Gasteiger partial charge in [0.05, 0.1) is 0 Å². The molecule has 1 fully saturated rings. The second-order valence-electron chi connectivity index (χ2n) is 4.65. The number of ether oxygens (including phenoxy) is 1. The quantitative estimate of drug-likeness (QED) is 0.900. The SMILES string of the molecule is NC(=O)C1CCCCN1C(=O)OCc1ccccc1. The van der Waals surface area contributed by atoms with E-state index in [9.17, 15) is 9.59 Å². The van der Waals surface area contributed by atoms with Crippen molar-refractivity contribution in [3.8, 4) is 0 Å². The minimum absolute atomic E-state index is 0.210. The lowest BCUT2D eigenvalue weighted by Gasteiger charge is -2.32. The number of piperidine rings is 1. The first-order valence-electron chi connectivity index (χ1n) is 6.45. The molecule has 0 bridgehead atoms. The van der Waals surface area contributed by atoms with Crippen molar-refractivity contribution in [2.75, 3.05) is 6.54 Å². The van der Waals surface area contributed by atoms with Crippen molar-refractivity contribution in [3.05, 3.63) is 35.9 Å². The van der Waals surface area contributed by atoms with Gasteiger partial charge in [0, 0.05) is 6.54 Å². The van der Waals surface area contributed by atoms with Crippen molar-refractivity contribution in [3.63, 3.8) is 0 Å². The lowest BCUT2D eigenvalue weighted by atomic mass is 10.0. The van der Waals surface area contributed by atoms with Gasteiger partial charge in [0.1, 0.15) is 12.6 Å². The normalized spacial score (nSPS) is 18.9. The van der Waals surface area contributed by atoms with E-state index < -0.39 is 18.0 Å². The van der Waals surface area contributed by atoms with Gasteiger partial charge < -0.3 is 10.5 Å². The van der Waals surface area contributed by atoms with Gasteiger partial charge in [-0.15, -0.1) is 0 Å². The third kappa shape index (κ3) is 3.47. The summed E-state index contributed by atoms with van der Waals surface area (Å²) in [6.07, 6.45) is 1.95. The van der Waals surface area contributed by atoms with Crippen LogP contribution in [0.5, 0.6) is 0 Å². The van der Waals surface area contributed by atoms with Crippen LogP contribution in [0.1, 0.15) is 24.8 Å². The Labute approximate surface area is 112 Å². The molecule has 1 unspecified atom stereocenters. The molecule has 1 saturated heterocycles. The van der Waals surface area contributed by atoms with E-state index in [2.05, 4.69) is 0 Å². The minimum Gasteiger partial charge on any atom is -0.445 e. The number of carbonyl (C=O) groups is 2. The van der Waals surface area contributed by atoms with Crippen LogP contribution in [0, 0.1) is 0 Å². The Balaban J connectivity index is 1.93. The maximum Gasteiger partial charge on any atom is 0.410 e. The Hall–Kier alpha value is -2.04. The van der Waals surface area contributed by atoms with Crippen molar-refractivity contribution in [2.45, 2.75) is 31.9 Å². The van der Waals surface area contributed by atoms with E-state index in [4.69, 9.17) is 10.5 Å².